The number of pyridine rings is 1. The average Bonchev–Trinajstić information content (AvgIpc) is 2.63. The summed E-state index contributed by atoms with van der Waals surface area (Å²) in [5.41, 5.74) is 0. The van der Waals surface area contributed by atoms with Gasteiger partial charge in [-0.1, -0.05) is 0 Å². The SMILES string of the molecule is CCOC(=O)N1CCN(C(=NC)NCCOc2cccnc2)CC1. The van der Waals surface area contributed by atoms with Crippen molar-refractivity contribution >= 4 is 12.1 Å². The second-order valence-corrected chi connectivity index (χ2v) is 5.18. The first kappa shape index (κ1) is 17.8. The Morgan fingerprint density at radius 1 is 1.33 bits per heavy atom. The van der Waals surface area contributed by atoms with Crippen LogP contribution in [0.4, 0.5) is 4.79 Å². The van der Waals surface area contributed by atoms with Gasteiger partial charge >= 0.3 is 6.09 Å². The Kier molecular flexibility index (Phi) is 7.13. The summed E-state index contributed by atoms with van der Waals surface area (Å²) in [6.45, 7) is 6.08. The fraction of sp³-hybridized carbons (Fsp3) is 0.562. The third kappa shape index (κ3) is 5.29. The van der Waals surface area contributed by atoms with Gasteiger partial charge in [0, 0.05) is 39.4 Å². The van der Waals surface area contributed by atoms with E-state index in [2.05, 4.69) is 20.2 Å². The number of nitrogens with zero attached hydrogens (tertiary/aromatic N) is 4. The Hall–Kier alpha value is -2.51. The highest BCUT2D eigenvalue weighted by Crippen LogP contribution is 2.06. The molecule has 132 valence electrons. The van der Waals surface area contributed by atoms with Gasteiger partial charge in [-0.15, -0.1) is 0 Å². The van der Waals surface area contributed by atoms with E-state index in [0.717, 1.165) is 24.8 Å². The van der Waals surface area contributed by atoms with E-state index >= 15 is 0 Å². The van der Waals surface area contributed by atoms with Crippen molar-refractivity contribution in [3.8, 4) is 5.75 Å². The Balaban J connectivity index is 1.70. The molecule has 0 saturated carbocycles. The lowest BCUT2D eigenvalue weighted by molar-refractivity contribution is 0.0914. The van der Waals surface area contributed by atoms with Crippen molar-refractivity contribution in [1.82, 2.24) is 20.1 Å². The number of aromatic nitrogens is 1. The summed E-state index contributed by atoms with van der Waals surface area (Å²) in [6.07, 6.45) is 3.15. The number of guanidine groups is 1. The van der Waals surface area contributed by atoms with E-state index in [1.165, 1.54) is 0 Å². The topological polar surface area (TPSA) is 79.3 Å². The summed E-state index contributed by atoms with van der Waals surface area (Å²) in [7, 11) is 1.75. The highest BCUT2D eigenvalue weighted by molar-refractivity contribution is 5.80. The monoisotopic (exact) mass is 335 g/mol. The van der Waals surface area contributed by atoms with Crippen LogP contribution in [-0.4, -0.2) is 79.8 Å². The number of rotatable bonds is 5. The van der Waals surface area contributed by atoms with Crippen LogP contribution in [0.5, 0.6) is 5.75 Å². The molecule has 1 amide bonds. The maximum absolute atomic E-state index is 11.7. The van der Waals surface area contributed by atoms with Crippen molar-refractivity contribution in [3.63, 3.8) is 0 Å². The fourth-order valence-corrected chi connectivity index (χ4v) is 2.41. The first-order chi connectivity index (χ1) is 11.7. The maximum Gasteiger partial charge on any atom is 0.409 e. The minimum absolute atomic E-state index is 0.245. The van der Waals surface area contributed by atoms with Crippen molar-refractivity contribution < 1.29 is 14.3 Å². The first-order valence-electron chi connectivity index (χ1n) is 8.14. The van der Waals surface area contributed by atoms with E-state index in [-0.39, 0.29) is 6.09 Å². The summed E-state index contributed by atoms with van der Waals surface area (Å²) < 4.78 is 10.6. The zero-order valence-electron chi connectivity index (χ0n) is 14.3. The third-order valence-electron chi connectivity index (χ3n) is 3.61. The molecule has 24 heavy (non-hydrogen) atoms. The quantitative estimate of drug-likeness (QED) is 0.487. The highest BCUT2D eigenvalue weighted by atomic mass is 16.6. The minimum Gasteiger partial charge on any atom is -0.490 e. The Bertz CT molecular complexity index is 530. The molecule has 0 radical (unpaired) electrons. The van der Waals surface area contributed by atoms with E-state index in [4.69, 9.17) is 9.47 Å². The minimum atomic E-state index is -0.245. The van der Waals surface area contributed by atoms with Gasteiger partial charge in [0.05, 0.1) is 19.3 Å². The van der Waals surface area contributed by atoms with Gasteiger partial charge in [0.25, 0.3) is 0 Å². The normalized spacial score (nSPS) is 15.2. The van der Waals surface area contributed by atoms with Crippen LogP contribution in [0.3, 0.4) is 0 Å². The highest BCUT2D eigenvalue weighted by Gasteiger charge is 2.23. The fourth-order valence-electron chi connectivity index (χ4n) is 2.41. The number of nitrogens with one attached hydrogen (secondary N) is 1. The molecule has 2 heterocycles. The van der Waals surface area contributed by atoms with Crippen molar-refractivity contribution in [2.24, 2.45) is 4.99 Å². The van der Waals surface area contributed by atoms with Crippen molar-refractivity contribution in [2.45, 2.75) is 6.92 Å². The van der Waals surface area contributed by atoms with Gasteiger partial charge < -0.3 is 24.6 Å². The number of aliphatic imine (C=N–C) groups is 1. The molecule has 0 aromatic carbocycles. The predicted molar refractivity (Wildman–Crippen MR) is 91.3 cm³/mol. The van der Waals surface area contributed by atoms with Gasteiger partial charge in [0.2, 0.25) is 0 Å². The lowest BCUT2D eigenvalue weighted by Gasteiger charge is -2.35. The van der Waals surface area contributed by atoms with Crippen LogP contribution in [0.2, 0.25) is 0 Å². The smallest absolute Gasteiger partial charge is 0.409 e. The molecule has 0 bridgehead atoms. The molecule has 0 atom stereocenters. The molecule has 2 rings (SSSR count). The van der Waals surface area contributed by atoms with Crippen molar-refractivity contribution in [2.75, 3.05) is 53.0 Å². The molecule has 8 heteroatoms. The molecule has 1 N–H and O–H groups in total. The lowest BCUT2D eigenvalue weighted by Crippen LogP contribution is -2.54. The standard InChI is InChI=1S/C16H25N5O3/c1-3-23-16(22)21-10-8-20(9-11-21)15(17-2)19-7-12-24-14-5-4-6-18-13-14/h4-6,13H,3,7-12H2,1-2H3,(H,17,19). The number of hydrogen-bond donors (Lipinski definition) is 1. The number of piperazine rings is 1. The molecule has 1 saturated heterocycles. The second-order valence-electron chi connectivity index (χ2n) is 5.18. The molecule has 1 aliphatic rings. The van der Waals surface area contributed by atoms with Crippen molar-refractivity contribution in [3.05, 3.63) is 24.5 Å². The van der Waals surface area contributed by atoms with E-state index in [1.807, 2.05) is 19.1 Å². The van der Waals surface area contributed by atoms with Gasteiger partial charge in [-0.25, -0.2) is 4.79 Å². The first-order valence-corrected chi connectivity index (χ1v) is 8.14. The number of hydrogen-bond acceptors (Lipinski definition) is 5. The largest absolute Gasteiger partial charge is 0.490 e. The van der Waals surface area contributed by atoms with Crippen LogP contribution < -0.4 is 10.1 Å². The van der Waals surface area contributed by atoms with Crippen LogP contribution in [0.25, 0.3) is 0 Å². The Morgan fingerprint density at radius 2 is 2.08 bits per heavy atom. The zero-order valence-corrected chi connectivity index (χ0v) is 14.3. The number of carbonyl (C=O) groups is 1. The zero-order chi connectivity index (χ0) is 17.2. The summed E-state index contributed by atoms with van der Waals surface area (Å²) in [6, 6.07) is 3.71. The predicted octanol–water partition coefficient (Wildman–Crippen LogP) is 0.810. The second kappa shape index (κ2) is 9.59. The van der Waals surface area contributed by atoms with E-state index in [0.29, 0.717) is 32.8 Å². The number of ether oxygens (including phenoxy) is 2. The van der Waals surface area contributed by atoms with Crippen LogP contribution in [0.15, 0.2) is 29.5 Å². The summed E-state index contributed by atoms with van der Waals surface area (Å²) in [4.78, 5) is 23.8. The lowest BCUT2D eigenvalue weighted by atomic mass is 10.3. The van der Waals surface area contributed by atoms with Crippen molar-refractivity contribution in [1.29, 1.82) is 0 Å². The third-order valence-corrected chi connectivity index (χ3v) is 3.61. The number of amides is 1. The molecule has 1 aromatic heterocycles. The molecular formula is C16H25N5O3. The van der Waals surface area contributed by atoms with Crippen LogP contribution >= 0.6 is 0 Å². The van der Waals surface area contributed by atoms with Gasteiger partial charge in [-0.2, -0.15) is 0 Å². The molecule has 1 aromatic rings. The molecular weight excluding hydrogens is 310 g/mol. The summed E-state index contributed by atoms with van der Waals surface area (Å²) in [5.74, 6) is 1.56. The molecule has 0 spiro atoms. The van der Waals surface area contributed by atoms with Gasteiger partial charge in [0.15, 0.2) is 5.96 Å². The molecule has 0 unspecified atom stereocenters. The summed E-state index contributed by atoms with van der Waals surface area (Å²) in [5, 5.41) is 3.27. The maximum atomic E-state index is 11.7. The molecule has 0 aliphatic carbocycles. The van der Waals surface area contributed by atoms with E-state index in [9.17, 15) is 4.79 Å². The Labute approximate surface area is 142 Å². The molecule has 1 aliphatic heterocycles. The van der Waals surface area contributed by atoms with Crippen LogP contribution in [0.1, 0.15) is 6.92 Å². The van der Waals surface area contributed by atoms with Gasteiger partial charge in [0.1, 0.15) is 12.4 Å². The number of carbonyl (C=O) groups excluding carboxylic acids is 1. The molecule has 8 nitrogen and oxygen atoms in total. The Morgan fingerprint density at radius 3 is 2.71 bits per heavy atom. The van der Waals surface area contributed by atoms with Crippen LogP contribution in [-0.2, 0) is 4.74 Å². The average molecular weight is 335 g/mol. The summed E-state index contributed by atoms with van der Waals surface area (Å²) >= 11 is 0. The van der Waals surface area contributed by atoms with E-state index in [1.54, 1.807) is 24.3 Å². The van der Waals surface area contributed by atoms with Crippen LogP contribution in [0, 0.1) is 0 Å². The van der Waals surface area contributed by atoms with E-state index < -0.39 is 0 Å². The van der Waals surface area contributed by atoms with Gasteiger partial charge in [-0.05, 0) is 19.1 Å². The molecule has 1 fully saturated rings. The van der Waals surface area contributed by atoms with Gasteiger partial charge in [-0.3, -0.25) is 9.98 Å².